The lowest BCUT2D eigenvalue weighted by molar-refractivity contribution is 0.0656. The van der Waals surface area contributed by atoms with Gasteiger partial charge in [-0.1, -0.05) is 6.07 Å². The molecule has 0 aromatic carbocycles. The van der Waals surface area contributed by atoms with E-state index in [4.69, 9.17) is 10.7 Å². The van der Waals surface area contributed by atoms with E-state index in [9.17, 15) is 4.79 Å². The third kappa shape index (κ3) is 4.54. The predicted molar refractivity (Wildman–Crippen MR) is 122 cm³/mol. The number of pyridine rings is 1. The van der Waals surface area contributed by atoms with Crippen LogP contribution in [0, 0.1) is 6.92 Å². The summed E-state index contributed by atoms with van der Waals surface area (Å²) in [4.78, 5) is 26.7. The molecule has 8 nitrogen and oxygen atoms in total. The Kier molecular flexibility index (Phi) is 6.18. The number of aryl methyl sites for hydroxylation is 1. The molecule has 2 fully saturated rings. The summed E-state index contributed by atoms with van der Waals surface area (Å²) in [6.07, 6.45) is 7.88. The number of nitrogens with two attached hydrogens (primary N) is 1. The zero-order chi connectivity index (χ0) is 22.0. The maximum atomic E-state index is 13.2. The first-order valence-electron chi connectivity index (χ1n) is 11.0. The zero-order valence-electron chi connectivity index (χ0n) is 18.4. The summed E-state index contributed by atoms with van der Waals surface area (Å²) in [5, 5.41) is 5.82. The number of aromatic nitrogens is 1. The third-order valence-electron chi connectivity index (χ3n) is 6.06. The van der Waals surface area contributed by atoms with E-state index in [0.717, 1.165) is 55.9 Å². The van der Waals surface area contributed by atoms with Crippen LogP contribution in [-0.2, 0) is 0 Å². The first-order chi connectivity index (χ1) is 15.0. The summed E-state index contributed by atoms with van der Waals surface area (Å²) in [7, 11) is 0. The molecule has 164 valence electrons. The number of amides is 1. The molecule has 1 unspecified atom stereocenters. The first-order valence-corrected chi connectivity index (χ1v) is 11.0. The third-order valence-corrected chi connectivity index (χ3v) is 6.06. The molecule has 0 radical (unpaired) electrons. The van der Waals surface area contributed by atoms with Gasteiger partial charge in [-0.15, -0.1) is 0 Å². The van der Waals surface area contributed by atoms with Crippen molar-refractivity contribution in [3.63, 3.8) is 0 Å². The van der Waals surface area contributed by atoms with E-state index in [1.54, 1.807) is 11.1 Å². The van der Waals surface area contributed by atoms with Gasteiger partial charge in [0.25, 0.3) is 5.91 Å². The van der Waals surface area contributed by atoms with Gasteiger partial charge in [0.15, 0.2) is 5.82 Å². The van der Waals surface area contributed by atoms with Crippen molar-refractivity contribution >= 4 is 18.5 Å². The number of carbonyl (C=O) groups is 1. The molecule has 2 atom stereocenters. The van der Waals surface area contributed by atoms with Crippen LogP contribution in [0.5, 0.6) is 0 Å². The van der Waals surface area contributed by atoms with Crippen molar-refractivity contribution in [2.45, 2.75) is 51.6 Å². The summed E-state index contributed by atoms with van der Waals surface area (Å²) in [5.41, 5.74) is 8.46. The van der Waals surface area contributed by atoms with Gasteiger partial charge in [-0.05, 0) is 57.7 Å². The summed E-state index contributed by atoms with van der Waals surface area (Å²) in [6.45, 7) is 10.0. The highest BCUT2D eigenvalue weighted by atomic mass is 16.2. The van der Waals surface area contributed by atoms with Crippen molar-refractivity contribution in [2.24, 2.45) is 15.8 Å². The van der Waals surface area contributed by atoms with Crippen LogP contribution in [0.15, 0.2) is 52.0 Å². The molecular formula is C23H31N7O. The van der Waals surface area contributed by atoms with Crippen LogP contribution in [-0.4, -0.2) is 70.0 Å². The average molecular weight is 422 g/mol. The van der Waals surface area contributed by atoms with Gasteiger partial charge in [0, 0.05) is 49.9 Å². The lowest BCUT2D eigenvalue weighted by Crippen LogP contribution is -2.43. The minimum absolute atomic E-state index is 0.0411. The highest BCUT2D eigenvalue weighted by Gasteiger charge is 2.30. The van der Waals surface area contributed by atoms with Crippen molar-refractivity contribution in [3.05, 3.63) is 53.3 Å². The van der Waals surface area contributed by atoms with Crippen LogP contribution in [0.3, 0.4) is 0 Å². The molecule has 2 N–H and O–H groups in total. The Morgan fingerprint density at radius 3 is 2.81 bits per heavy atom. The Morgan fingerprint density at radius 2 is 2.10 bits per heavy atom. The number of hydrogen-bond acceptors (Lipinski definition) is 7. The van der Waals surface area contributed by atoms with E-state index >= 15 is 0 Å². The molecule has 2 saturated heterocycles. The highest BCUT2D eigenvalue weighted by molar-refractivity contribution is 5.99. The number of amidine groups is 1. The molecule has 0 bridgehead atoms. The molecule has 4 heterocycles. The molecule has 0 aliphatic carbocycles. The Hall–Kier alpha value is -3.00. The smallest absolute Gasteiger partial charge is 0.272 e. The molecule has 1 aromatic heterocycles. The summed E-state index contributed by atoms with van der Waals surface area (Å²) >= 11 is 0. The molecule has 3 aliphatic heterocycles. The number of hydrazone groups is 1. The fraction of sp³-hybridized carbons (Fsp3) is 0.478. The van der Waals surface area contributed by atoms with E-state index < -0.39 is 0 Å². The van der Waals surface area contributed by atoms with Crippen molar-refractivity contribution in [2.75, 3.05) is 19.6 Å². The van der Waals surface area contributed by atoms with Gasteiger partial charge in [-0.25, -0.2) is 15.0 Å². The quantitative estimate of drug-likeness (QED) is 0.758. The minimum Gasteiger partial charge on any atom is -0.355 e. The molecule has 31 heavy (non-hydrogen) atoms. The normalized spacial score (nSPS) is 25.5. The Labute approximate surface area is 183 Å². The highest BCUT2D eigenvalue weighted by Crippen LogP contribution is 2.26. The van der Waals surface area contributed by atoms with E-state index in [1.807, 2.05) is 43.2 Å². The SMILES string of the molecule is C=NN1C=C(C)C(N2CC[C@H](N)C2)=N/C1=C/C1CCCCN1C(=O)c1cccc(C)n1. The van der Waals surface area contributed by atoms with Crippen molar-refractivity contribution in [3.8, 4) is 0 Å². The number of nitrogens with zero attached hydrogens (tertiary/aromatic N) is 6. The van der Waals surface area contributed by atoms with E-state index in [0.29, 0.717) is 18.1 Å². The number of hydrogen-bond donors (Lipinski definition) is 1. The number of rotatable bonds is 3. The molecule has 0 saturated carbocycles. The standard InChI is InChI=1S/C23H31N7O/c1-16-14-30(25-3)21(27-22(16)28-12-10-18(24)15-28)13-19-8-4-5-11-29(19)23(31)20-9-6-7-17(2)26-20/h6-7,9,13-14,18-19H,3-5,8,10-12,15,24H2,1-2H3/b21-13-/t18-,19?/m0/s1. The van der Waals surface area contributed by atoms with Gasteiger partial charge in [0.1, 0.15) is 11.5 Å². The number of piperidine rings is 1. The molecule has 3 aliphatic rings. The number of aliphatic imine (C=N–C) groups is 1. The second-order valence-corrected chi connectivity index (χ2v) is 8.48. The van der Waals surface area contributed by atoms with Crippen molar-refractivity contribution < 1.29 is 4.79 Å². The topological polar surface area (TPSA) is 90.4 Å². The fourth-order valence-corrected chi connectivity index (χ4v) is 4.45. The van der Waals surface area contributed by atoms with Crippen LogP contribution in [0.2, 0.25) is 0 Å². The average Bonchev–Trinajstić information content (AvgIpc) is 3.20. The van der Waals surface area contributed by atoms with Gasteiger partial charge in [-0.3, -0.25) is 4.79 Å². The predicted octanol–water partition coefficient (Wildman–Crippen LogP) is 2.49. The van der Waals surface area contributed by atoms with Crippen molar-refractivity contribution in [1.29, 1.82) is 0 Å². The lowest BCUT2D eigenvalue weighted by Gasteiger charge is -2.35. The maximum Gasteiger partial charge on any atom is 0.272 e. The number of carbonyl (C=O) groups excluding carboxylic acids is 1. The zero-order valence-corrected chi connectivity index (χ0v) is 18.4. The summed E-state index contributed by atoms with van der Waals surface area (Å²) in [5.74, 6) is 1.58. The molecule has 0 spiro atoms. The summed E-state index contributed by atoms with van der Waals surface area (Å²) in [6, 6.07) is 5.66. The minimum atomic E-state index is -0.0690. The van der Waals surface area contributed by atoms with Gasteiger partial charge in [-0.2, -0.15) is 5.10 Å². The molecule has 1 amide bonds. The Morgan fingerprint density at radius 1 is 1.26 bits per heavy atom. The van der Waals surface area contributed by atoms with Crippen LogP contribution >= 0.6 is 0 Å². The largest absolute Gasteiger partial charge is 0.355 e. The number of likely N-dealkylation sites (tertiary alicyclic amines) is 2. The molecule has 4 rings (SSSR count). The molecular weight excluding hydrogens is 390 g/mol. The Bertz CT molecular complexity index is 951. The van der Waals surface area contributed by atoms with Gasteiger partial charge < -0.3 is 15.5 Å². The van der Waals surface area contributed by atoms with E-state index in [1.165, 1.54) is 0 Å². The fourth-order valence-electron chi connectivity index (χ4n) is 4.45. The first kappa shape index (κ1) is 21.2. The van der Waals surface area contributed by atoms with Gasteiger partial charge >= 0.3 is 0 Å². The van der Waals surface area contributed by atoms with Crippen LogP contribution in [0.4, 0.5) is 0 Å². The van der Waals surface area contributed by atoms with Crippen LogP contribution in [0.25, 0.3) is 0 Å². The second-order valence-electron chi connectivity index (χ2n) is 8.48. The van der Waals surface area contributed by atoms with Crippen molar-refractivity contribution in [1.82, 2.24) is 19.8 Å². The van der Waals surface area contributed by atoms with E-state index in [2.05, 4.69) is 21.7 Å². The lowest BCUT2D eigenvalue weighted by atomic mass is 10.0. The van der Waals surface area contributed by atoms with Gasteiger partial charge in [0.05, 0.1) is 6.04 Å². The molecule has 1 aromatic rings. The summed E-state index contributed by atoms with van der Waals surface area (Å²) < 4.78 is 0. The monoisotopic (exact) mass is 421 g/mol. The van der Waals surface area contributed by atoms with E-state index in [-0.39, 0.29) is 18.0 Å². The maximum absolute atomic E-state index is 13.2. The second kappa shape index (κ2) is 9.01. The van der Waals surface area contributed by atoms with Crippen LogP contribution < -0.4 is 5.73 Å². The Balaban J connectivity index is 1.63. The molecule has 8 heteroatoms. The van der Waals surface area contributed by atoms with Gasteiger partial charge in [0.2, 0.25) is 0 Å². The van der Waals surface area contributed by atoms with Crippen LogP contribution in [0.1, 0.15) is 48.8 Å².